The maximum Gasteiger partial charge on any atom is 0.237 e. The zero-order valence-corrected chi connectivity index (χ0v) is 15.0. The Morgan fingerprint density at radius 3 is 2.62 bits per heavy atom. The second kappa shape index (κ2) is 8.46. The molecule has 0 radical (unpaired) electrons. The van der Waals surface area contributed by atoms with E-state index in [4.69, 9.17) is 4.74 Å². The fraction of sp³-hybridized carbons (Fsp3) is 0.562. The quantitative estimate of drug-likeness (QED) is 0.741. The van der Waals surface area contributed by atoms with E-state index in [1.165, 1.54) is 0 Å². The maximum atomic E-state index is 12.1. The van der Waals surface area contributed by atoms with Crippen LogP contribution in [0.4, 0.5) is 0 Å². The monoisotopic (exact) mass is 355 g/mol. The molecule has 0 atom stereocenters. The largest absolute Gasteiger partial charge is 0.497 e. The molecule has 134 valence electrons. The zero-order valence-electron chi connectivity index (χ0n) is 14.2. The highest BCUT2D eigenvalue weighted by Crippen LogP contribution is 2.13. The Labute approximate surface area is 143 Å². The number of nitrogens with one attached hydrogen (secondary N) is 1. The second-order valence-corrected chi connectivity index (χ2v) is 7.85. The molecule has 1 aliphatic heterocycles. The molecule has 1 fully saturated rings. The van der Waals surface area contributed by atoms with E-state index < -0.39 is 10.0 Å². The van der Waals surface area contributed by atoms with Crippen LogP contribution < -0.4 is 9.46 Å². The minimum Gasteiger partial charge on any atom is -0.497 e. The number of hydrogen-bond donors (Lipinski definition) is 1. The summed E-state index contributed by atoms with van der Waals surface area (Å²) in [7, 11) is 0.0813. The summed E-state index contributed by atoms with van der Waals surface area (Å²) in [5.74, 6) is 0.465. The van der Waals surface area contributed by atoms with Crippen molar-refractivity contribution >= 4 is 15.9 Å². The smallest absolute Gasteiger partial charge is 0.237 e. The van der Waals surface area contributed by atoms with Gasteiger partial charge in [-0.25, -0.2) is 13.1 Å². The van der Waals surface area contributed by atoms with Gasteiger partial charge >= 0.3 is 0 Å². The van der Waals surface area contributed by atoms with Crippen molar-refractivity contribution in [2.75, 3.05) is 52.6 Å². The van der Waals surface area contributed by atoms with Gasteiger partial charge < -0.3 is 14.5 Å². The molecule has 1 N–H and O–H groups in total. The van der Waals surface area contributed by atoms with Crippen LogP contribution in [-0.4, -0.2) is 76.8 Å². The fourth-order valence-corrected chi connectivity index (χ4v) is 3.48. The van der Waals surface area contributed by atoms with Gasteiger partial charge in [-0.3, -0.25) is 4.79 Å². The van der Waals surface area contributed by atoms with Crippen molar-refractivity contribution < 1.29 is 17.9 Å². The number of amides is 1. The predicted octanol–water partition coefficient (Wildman–Crippen LogP) is -0.0689. The summed E-state index contributed by atoms with van der Waals surface area (Å²) >= 11 is 0. The van der Waals surface area contributed by atoms with Crippen molar-refractivity contribution in [3.63, 3.8) is 0 Å². The van der Waals surface area contributed by atoms with Crippen molar-refractivity contribution in [1.82, 2.24) is 14.5 Å². The molecule has 0 aliphatic carbocycles. The van der Waals surface area contributed by atoms with E-state index in [0.29, 0.717) is 25.3 Å². The van der Waals surface area contributed by atoms with Crippen molar-refractivity contribution in [3.8, 4) is 5.75 Å². The van der Waals surface area contributed by atoms with Crippen molar-refractivity contribution in [2.45, 2.75) is 6.42 Å². The van der Waals surface area contributed by atoms with E-state index in [-0.39, 0.29) is 18.2 Å². The van der Waals surface area contributed by atoms with Crippen molar-refractivity contribution in [2.24, 2.45) is 0 Å². The molecule has 2 rings (SSSR count). The molecule has 0 aromatic heterocycles. The van der Waals surface area contributed by atoms with Gasteiger partial charge in [0.1, 0.15) is 5.75 Å². The Hall–Kier alpha value is -1.64. The highest BCUT2D eigenvalue weighted by molar-refractivity contribution is 7.89. The third-order valence-corrected chi connectivity index (χ3v) is 5.42. The number of likely N-dealkylation sites (N-methyl/N-ethyl adjacent to an activating group) is 1. The van der Waals surface area contributed by atoms with Crippen molar-refractivity contribution in [3.05, 3.63) is 29.8 Å². The Bertz CT molecular complexity index is 655. The van der Waals surface area contributed by atoms with Gasteiger partial charge in [0.15, 0.2) is 0 Å². The van der Waals surface area contributed by atoms with E-state index in [0.717, 1.165) is 18.7 Å². The molecular formula is C16H25N3O4S. The summed E-state index contributed by atoms with van der Waals surface area (Å²) in [4.78, 5) is 15.9. The van der Waals surface area contributed by atoms with Gasteiger partial charge in [0, 0.05) is 26.2 Å². The molecule has 8 heteroatoms. The number of nitrogens with zero attached hydrogens (tertiary/aromatic N) is 2. The first-order valence-electron chi connectivity index (χ1n) is 7.96. The topological polar surface area (TPSA) is 78.9 Å². The number of sulfonamides is 1. The minimum absolute atomic E-state index is 0.0593. The number of methoxy groups -OCH3 is 1. The number of carbonyl (C=O) groups excluding carboxylic acids is 1. The molecular weight excluding hydrogens is 330 g/mol. The highest BCUT2D eigenvalue weighted by Gasteiger charge is 2.20. The van der Waals surface area contributed by atoms with Crippen LogP contribution in [0.2, 0.25) is 0 Å². The molecule has 0 bridgehead atoms. The molecule has 1 heterocycles. The minimum atomic E-state index is -3.49. The Balaban J connectivity index is 1.79. The molecule has 1 saturated heterocycles. The summed E-state index contributed by atoms with van der Waals surface area (Å²) < 4.78 is 31.7. The van der Waals surface area contributed by atoms with Gasteiger partial charge in [-0.2, -0.15) is 0 Å². The van der Waals surface area contributed by atoms with Crippen LogP contribution in [0.3, 0.4) is 0 Å². The van der Waals surface area contributed by atoms with Gasteiger partial charge in [-0.15, -0.1) is 0 Å². The lowest BCUT2D eigenvalue weighted by Crippen LogP contribution is -2.50. The SMILES string of the molecule is COc1cccc(CCS(=O)(=O)NCC(=O)N2CCN(C)CC2)c1. The third kappa shape index (κ3) is 5.77. The lowest BCUT2D eigenvalue weighted by molar-refractivity contribution is -0.131. The predicted molar refractivity (Wildman–Crippen MR) is 92.6 cm³/mol. The van der Waals surface area contributed by atoms with Gasteiger partial charge in [0.2, 0.25) is 15.9 Å². The molecule has 0 saturated carbocycles. The Morgan fingerprint density at radius 2 is 1.96 bits per heavy atom. The normalized spacial score (nSPS) is 16.2. The van der Waals surface area contributed by atoms with Gasteiger partial charge in [0.05, 0.1) is 19.4 Å². The number of ether oxygens (including phenoxy) is 1. The van der Waals surface area contributed by atoms with Crippen LogP contribution in [0.15, 0.2) is 24.3 Å². The first-order chi connectivity index (χ1) is 11.4. The van der Waals surface area contributed by atoms with Crippen LogP contribution in [0.5, 0.6) is 5.75 Å². The lowest BCUT2D eigenvalue weighted by Gasteiger charge is -2.32. The average Bonchev–Trinajstić information content (AvgIpc) is 2.59. The van der Waals surface area contributed by atoms with Crippen LogP contribution in [0, 0.1) is 0 Å². The molecule has 0 unspecified atom stereocenters. The van der Waals surface area contributed by atoms with E-state index in [9.17, 15) is 13.2 Å². The standard InChI is InChI=1S/C16H25N3O4S/c1-18-7-9-19(10-8-18)16(20)13-17-24(21,22)11-6-14-4-3-5-15(12-14)23-2/h3-5,12,17H,6-11,13H2,1-2H3. The number of aryl methyl sites for hydroxylation is 1. The van der Waals surface area contributed by atoms with Crippen LogP contribution >= 0.6 is 0 Å². The van der Waals surface area contributed by atoms with Crippen LogP contribution in [0.25, 0.3) is 0 Å². The average molecular weight is 355 g/mol. The number of hydrogen-bond acceptors (Lipinski definition) is 5. The fourth-order valence-electron chi connectivity index (χ4n) is 2.49. The molecule has 1 amide bonds. The number of benzene rings is 1. The number of rotatable bonds is 7. The van der Waals surface area contributed by atoms with E-state index in [2.05, 4.69) is 9.62 Å². The van der Waals surface area contributed by atoms with Gasteiger partial charge in [0.25, 0.3) is 0 Å². The molecule has 1 aromatic carbocycles. The molecule has 0 spiro atoms. The summed E-state index contributed by atoms with van der Waals surface area (Å²) in [6.45, 7) is 2.73. The summed E-state index contributed by atoms with van der Waals surface area (Å²) in [6, 6.07) is 7.30. The van der Waals surface area contributed by atoms with Crippen LogP contribution in [-0.2, 0) is 21.2 Å². The molecule has 1 aromatic rings. The Kier molecular flexibility index (Phi) is 6.59. The number of piperazine rings is 1. The first kappa shape index (κ1) is 18.7. The number of carbonyl (C=O) groups is 1. The van der Waals surface area contributed by atoms with E-state index >= 15 is 0 Å². The first-order valence-corrected chi connectivity index (χ1v) is 9.61. The molecule has 7 nitrogen and oxygen atoms in total. The van der Waals surface area contributed by atoms with Crippen LogP contribution in [0.1, 0.15) is 5.56 Å². The highest BCUT2D eigenvalue weighted by atomic mass is 32.2. The lowest BCUT2D eigenvalue weighted by atomic mass is 10.2. The van der Waals surface area contributed by atoms with E-state index in [1.807, 2.05) is 31.3 Å². The zero-order chi connectivity index (χ0) is 17.6. The molecule has 1 aliphatic rings. The summed E-state index contributed by atoms with van der Waals surface area (Å²) in [5.41, 5.74) is 0.880. The van der Waals surface area contributed by atoms with E-state index in [1.54, 1.807) is 12.0 Å². The Morgan fingerprint density at radius 1 is 1.25 bits per heavy atom. The van der Waals surface area contributed by atoms with Gasteiger partial charge in [-0.05, 0) is 31.2 Å². The van der Waals surface area contributed by atoms with Gasteiger partial charge in [-0.1, -0.05) is 12.1 Å². The second-order valence-electron chi connectivity index (χ2n) is 5.93. The summed E-state index contributed by atoms with van der Waals surface area (Å²) in [5, 5.41) is 0. The molecule has 24 heavy (non-hydrogen) atoms. The summed E-state index contributed by atoms with van der Waals surface area (Å²) in [6.07, 6.45) is 0.370. The van der Waals surface area contributed by atoms with Crippen molar-refractivity contribution in [1.29, 1.82) is 0 Å². The maximum absolute atomic E-state index is 12.1. The third-order valence-electron chi connectivity index (χ3n) is 4.09.